The number of thiazole rings is 1. The molecule has 2 heterocycles. The van der Waals surface area contributed by atoms with Crippen LogP contribution in [0.4, 0.5) is 5.13 Å². The molecule has 0 spiro atoms. The maximum absolute atomic E-state index is 12.7. The lowest BCUT2D eigenvalue weighted by Gasteiger charge is -2.22. The number of benzene rings is 1. The van der Waals surface area contributed by atoms with Gasteiger partial charge in [-0.05, 0) is 30.9 Å². The number of likely N-dealkylation sites (N-methyl/N-ethyl adjacent to an activating group) is 1. The molecule has 1 aliphatic heterocycles. The highest BCUT2D eigenvalue weighted by atomic mass is 32.1. The highest BCUT2D eigenvalue weighted by Crippen LogP contribution is 2.29. The van der Waals surface area contributed by atoms with Crippen molar-refractivity contribution in [3.63, 3.8) is 0 Å². The van der Waals surface area contributed by atoms with Gasteiger partial charge in [0.2, 0.25) is 0 Å². The largest absolute Gasteiger partial charge is 0.298 e. The summed E-state index contributed by atoms with van der Waals surface area (Å²) in [4.78, 5) is 20.4. The molecule has 1 fully saturated rings. The van der Waals surface area contributed by atoms with Crippen molar-refractivity contribution in [2.45, 2.75) is 32.2 Å². The molecule has 0 aliphatic carbocycles. The first kappa shape index (κ1) is 16.5. The number of amides is 1. The number of hydrogen-bond donors (Lipinski definition) is 0. The van der Waals surface area contributed by atoms with Crippen molar-refractivity contribution in [1.29, 1.82) is 5.26 Å². The van der Waals surface area contributed by atoms with Gasteiger partial charge in [0.25, 0.3) is 5.91 Å². The van der Waals surface area contributed by atoms with Crippen LogP contribution in [0.25, 0.3) is 11.3 Å². The second-order valence-corrected chi connectivity index (χ2v) is 6.75. The van der Waals surface area contributed by atoms with Gasteiger partial charge < -0.3 is 0 Å². The molecule has 1 aliphatic rings. The van der Waals surface area contributed by atoms with E-state index in [2.05, 4.69) is 30.2 Å². The number of carbonyl (C=O) groups excluding carboxylic acids is 1. The van der Waals surface area contributed by atoms with E-state index >= 15 is 0 Å². The highest BCUT2D eigenvalue weighted by Gasteiger charge is 2.33. The fourth-order valence-corrected chi connectivity index (χ4v) is 3.77. The van der Waals surface area contributed by atoms with Crippen LogP contribution in [0.15, 0.2) is 29.6 Å². The van der Waals surface area contributed by atoms with E-state index in [4.69, 9.17) is 5.26 Å². The summed E-state index contributed by atoms with van der Waals surface area (Å²) in [5.41, 5.74) is 3.22. The minimum atomic E-state index is -0.351. The van der Waals surface area contributed by atoms with Gasteiger partial charge in [-0.15, -0.1) is 11.3 Å². The average Bonchev–Trinajstić information content (AvgIpc) is 3.29. The number of rotatable bonds is 4. The molecule has 0 N–H and O–H groups in total. The van der Waals surface area contributed by atoms with Gasteiger partial charge in [-0.1, -0.05) is 25.1 Å². The van der Waals surface area contributed by atoms with Crippen LogP contribution in [0.1, 0.15) is 25.3 Å². The lowest BCUT2D eigenvalue weighted by Crippen LogP contribution is -2.42. The molecule has 0 radical (unpaired) electrons. The lowest BCUT2D eigenvalue weighted by atomic mass is 10.1. The maximum Gasteiger partial charge on any atom is 0.251 e. The van der Waals surface area contributed by atoms with E-state index in [0.717, 1.165) is 30.5 Å². The van der Waals surface area contributed by atoms with Crippen LogP contribution >= 0.6 is 11.3 Å². The second-order valence-electron chi connectivity index (χ2n) is 5.92. The van der Waals surface area contributed by atoms with Gasteiger partial charge in [0.1, 0.15) is 6.04 Å². The van der Waals surface area contributed by atoms with Crippen molar-refractivity contribution in [2.24, 2.45) is 0 Å². The van der Waals surface area contributed by atoms with Crippen LogP contribution in [-0.2, 0) is 11.2 Å². The Morgan fingerprint density at radius 2 is 2.38 bits per heavy atom. The number of nitrogens with zero attached hydrogens (tertiary/aromatic N) is 4. The Bertz CT molecular complexity index is 779. The molecular weight excluding hydrogens is 320 g/mol. The number of aryl methyl sites for hydroxylation is 1. The van der Waals surface area contributed by atoms with E-state index in [1.54, 1.807) is 16.8 Å². The molecule has 24 heavy (non-hydrogen) atoms. The predicted molar refractivity (Wildman–Crippen MR) is 95.7 cm³/mol. The average molecular weight is 340 g/mol. The van der Waals surface area contributed by atoms with Crippen molar-refractivity contribution in [3.05, 3.63) is 35.2 Å². The normalized spacial score (nSPS) is 16.9. The molecule has 124 valence electrons. The van der Waals surface area contributed by atoms with Gasteiger partial charge in [0.15, 0.2) is 11.3 Å². The second kappa shape index (κ2) is 7.02. The summed E-state index contributed by atoms with van der Waals surface area (Å²) in [6, 6.07) is 7.95. The third-order valence-electron chi connectivity index (χ3n) is 4.41. The fraction of sp³-hybridized carbons (Fsp3) is 0.389. The van der Waals surface area contributed by atoms with Crippen LogP contribution in [0.5, 0.6) is 0 Å². The summed E-state index contributed by atoms with van der Waals surface area (Å²) < 4.78 is 0. The molecule has 3 rings (SSSR count). The van der Waals surface area contributed by atoms with Crippen LogP contribution in [-0.4, -0.2) is 35.4 Å². The van der Waals surface area contributed by atoms with Crippen molar-refractivity contribution in [2.75, 3.05) is 18.5 Å². The summed E-state index contributed by atoms with van der Waals surface area (Å²) in [5.74, 6) is -0.0581. The lowest BCUT2D eigenvalue weighted by molar-refractivity contribution is -0.121. The quantitative estimate of drug-likeness (QED) is 0.802. The summed E-state index contributed by atoms with van der Waals surface area (Å²) in [5, 5.41) is 11.8. The molecule has 1 atom stereocenters. The molecule has 5 nitrogen and oxygen atoms in total. The summed E-state index contributed by atoms with van der Waals surface area (Å²) >= 11 is 1.45. The highest BCUT2D eigenvalue weighted by molar-refractivity contribution is 7.14. The first-order valence-corrected chi connectivity index (χ1v) is 9.00. The number of anilines is 1. The van der Waals surface area contributed by atoms with E-state index in [0.29, 0.717) is 11.7 Å². The first-order valence-electron chi connectivity index (χ1n) is 8.12. The van der Waals surface area contributed by atoms with E-state index in [1.165, 1.54) is 16.9 Å². The molecular formula is C18H20N4OS. The molecule has 1 aromatic heterocycles. The summed E-state index contributed by atoms with van der Waals surface area (Å²) in [7, 11) is 1.74. The van der Waals surface area contributed by atoms with E-state index < -0.39 is 0 Å². The van der Waals surface area contributed by atoms with E-state index in [1.807, 2.05) is 17.5 Å². The monoisotopic (exact) mass is 340 g/mol. The van der Waals surface area contributed by atoms with Crippen molar-refractivity contribution >= 4 is 22.4 Å². The van der Waals surface area contributed by atoms with E-state index in [-0.39, 0.29) is 11.9 Å². The van der Waals surface area contributed by atoms with Gasteiger partial charge in [-0.25, -0.2) is 4.98 Å². The maximum atomic E-state index is 12.7. The van der Waals surface area contributed by atoms with Crippen LogP contribution in [0.2, 0.25) is 0 Å². The Morgan fingerprint density at radius 1 is 1.54 bits per heavy atom. The zero-order valence-corrected chi connectivity index (χ0v) is 14.7. The van der Waals surface area contributed by atoms with Gasteiger partial charge in [0, 0.05) is 24.5 Å². The Labute approximate surface area is 146 Å². The number of nitriles is 1. The molecule has 0 saturated carbocycles. The SMILES string of the molecule is CCc1cccc(-c2csc(N(C)C(=O)C3CCCN3C#N)n2)c1. The zero-order chi connectivity index (χ0) is 17.1. The van der Waals surface area contributed by atoms with Crippen LogP contribution < -0.4 is 4.90 Å². The third-order valence-corrected chi connectivity index (χ3v) is 5.32. The Kier molecular flexibility index (Phi) is 4.81. The molecule has 1 saturated heterocycles. The number of aromatic nitrogens is 1. The minimum absolute atomic E-state index is 0.0581. The molecule has 2 aromatic rings. The molecule has 1 unspecified atom stereocenters. The third kappa shape index (κ3) is 3.13. The molecule has 0 bridgehead atoms. The van der Waals surface area contributed by atoms with Gasteiger partial charge >= 0.3 is 0 Å². The smallest absolute Gasteiger partial charge is 0.251 e. The number of likely N-dealkylation sites (tertiary alicyclic amines) is 1. The van der Waals surface area contributed by atoms with Crippen LogP contribution in [0.3, 0.4) is 0 Å². The van der Waals surface area contributed by atoms with Crippen molar-refractivity contribution < 1.29 is 4.79 Å². The molecule has 1 amide bonds. The topological polar surface area (TPSA) is 60.2 Å². The fourth-order valence-electron chi connectivity index (χ4n) is 2.96. The predicted octanol–water partition coefficient (Wildman–Crippen LogP) is 3.28. The standard InChI is InChI=1S/C18H20N4OS/c1-3-13-6-4-7-14(10-13)15-11-24-18(20-15)21(2)17(23)16-8-5-9-22(16)12-19/h4,6-7,10-11,16H,3,5,8-9H2,1-2H3. The summed E-state index contributed by atoms with van der Waals surface area (Å²) in [6.07, 6.45) is 4.70. The molecule has 6 heteroatoms. The minimum Gasteiger partial charge on any atom is -0.298 e. The van der Waals surface area contributed by atoms with Crippen molar-refractivity contribution in [1.82, 2.24) is 9.88 Å². The zero-order valence-electron chi connectivity index (χ0n) is 13.9. The Balaban J connectivity index is 1.79. The Hall–Kier alpha value is -2.39. The van der Waals surface area contributed by atoms with Gasteiger partial charge in [0.05, 0.1) is 5.69 Å². The van der Waals surface area contributed by atoms with E-state index in [9.17, 15) is 4.79 Å². The summed E-state index contributed by atoms with van der Waals surface area (Å²) in [6.45, 7) is 2.79. The van der Waals surface area contributed by atoms with Crippen molar-refractivity contribution in [3.8, 4) is 17.5 Å². The van der Waals surface area contributed by atoms with Gasteiger partial charge in [-0.3, -0.25) is 14.6 Å². The number of carbonyl (C=O) groups is 1. The first-order chi connectivity index (χ1) is 11.6. The van der Waals surface area contributed by atoms with Crippen LogP contribution in [0, 0.1) is 11.5 Å². The van der Waals surface area contributed by atoms with Gasteiger partial charge in [-0.2, -0.15) is 5.26 Å². The Morgan fingerprint density at radius 3 is 3.12 bits per heavy atom. The molecule has 1 aromatic carbocycles. The number of hydrogen-bond acceptors (Lipinski definition) is 5.